The van der Waals surface area contributed by atoms with Crippen molar-refractivity contribution in [1.82, 2.24) is 9.80 Å². The molecule has 1 aliphatic heterocycles. The van der Waals surface area contributed by atoms with Crippen LogP contribution in [0.5, 0.6) is 5.75 Å². The molecule has 0 saturated carbocycles. The van der Waals surface area contributed by atoms with Gasteiger partial charge in [0.05, 0.1) is 6.61 Å². The molecule has 1 saturated heterocycles. The molecule has 0 aromatic heterocycles. The number of carbonyl (C=O) groups excluding carboxylic acids is 1. The Morgan fingerprint density at radius 1 is 1.17 bits per heavy atom. The zero-order valence-electron chi connectivity index (χ0n) is 18.4. The maximum absolute atomic E-state index is 12.2. The fourth-order valence-corrected chi connectivity index (χ4v) is 4.50. The summed E-state index contributed by atoms with van der Waals surface area (Å²) in [6, 6.07) is 14.4. The minimum Gasteiger partial charge on any atom is -0.494 e. The molecule has 1 heterocycles. The Hall–Kier alpha value is -1.85. The zero-order valence-corrected chi connectivity index (χ0v) is 20.0. The molecule has 2 aromatic carbocycles. The van der Waals surface area contributed by atoms with Crippen molar-refractivity contribution in [1.29, 1.82) is 0 Å². The third kappa shape index (κ3) is 6.32. The van der Waals surface area contributed by atoms with Gasteiger partial charge in [-0.25, -0.2) is 0 Å². The largest absolute Gasteiger partial charge is 0.494 e. The molecule has 162 valence electrons. The quantitative estimate of drug-likeness (QED) is 0.538. The number of hydrogen-bond acceptors (Lipinski definition) is 3. The smallest absolute Gasteiger partial charge is 0.253 e. The van der Waals surface area contributed by atoms with Gasteiger partial charge in [0.2, 0.25) is 0 Å². The number of benzene rings is 2. The molecule has 5 heteroatoms. The molecular formula is C25H33BrN2O2. The summed E-state index contributed by atoms with van der Waals surface area (Å²) in [6.07, 6.45) is 4.54. The molecule has 1 fully saturated rings. The highest BCUT2D eigenvalue weighted by molar-refractivity contribution is 9.10. The summed E-state index contributed by atoms with van der Waals surface area (Å²) in [5.74, 6) is 1.75. The van der Waals surface area contributed by atoms with Gasteiger partial charge in [-0.2, -0.15) is 0 Å². The van der Waals surface area contributed by atoms with Crippen molar-refractivity contribution in [3.8, 4) is 5.75 Å². The lowest BCUT2D eigenvalue weighted by Crippen LogP contribution is -2.35. The molecular weight excluding hydrogens is 440 g/mol. The maximum Gasteiger partial charge on any atom is 0.253 e. The topological polar surface area (TPSA) is 32.8 Å². The Morgan fingerprint density at radius 2 is 1.93 bits per heavy atom. The van der Waals surface area contributed by atoms with E-state index < -0.39 is 0 Å². The lowest BCUT2D eigenvalue weighted by molar-refractivity contribution is 0.0827. The summed E-state index contributed by atoms with van der Waals surface area (Å²) in [6.45, 7) is 6.06. The first-order valence-electron chi connectivity index (χ1n) is 10.9. The van der Waals surface area contributed by atoms with Gasteiger partial charge >= 0.3 is 0 Å². The van der Waals surface area contributed by atoms with Crippen molar-refractivity contribution < 1.29 is 9.53 Å². The van der Waals surface area contributed by atoms with E-state index in [1.165, 1.54) is 28.4 Å². The fraction of sp³-hybridized carbons (Fsp3) is 0.480. The minimum atomic E-state index is 0.0669. The molecule has 0 bridgehead atoms. The molecule has 4 nitrogen and oxygen atoms in total. The third-order valence-electron chi connectivity index (χ3n) is 5.84. The zero-order chi connectivity index (χ0) is 21.5. The van der Waals surface area contributed by atoms with Gasteiger partial charge in [0.1, 0.15) is 5.75 Å². The Labute approximate surface area is 189 Å². The maximum atomic E-state index is 12.2. The van der Waals surface area contributed by atoms with Crippen molar-refractivity contribution in [2.24, 2.45) is 5.92 Å². The van der Waals surface area contributed by atoms with E-state index in [0.717, 1.165) is 49.7 Å². The Kier molecular flexibility index (Phi) is 8.34. The number of hydrogen-bond donors (Lipinski definition) is 0. The van der Waals surface area contributed by atoms with Crippen LogP contribution in [0, 0.1) is 5.92 Å². The van der Waals surface area contributed by atoms with E-state index in [9.17, 15) is 4.79 Å². The van der Waals surface area contributed by atoms with E-state index in [-0.39, 0.29) is 5.91 Å². The van der Waals surface area contributed by atoms with E-state index in [4.69, 9.17) is 4.74 Å². The van der Waals surface area contributed by atoms with Crippen molar-refractivity contribution in [3.05, 3.63) is 63.6 Å². The minimum absolute atomic E-state index is 0.0669. The first-order valence-corrected chi connectivity index (χ1v) is 11.7. The summed E-state index contributed by atoms with van der Waals surface area (Å²) in [4.78, 5) is 16.4. The van der Waals surface area contributed by atoms with Crippen LogP contribution in [0.2, 0.25) is 0 Å². The van der Waals surface area contributed by atoms with Crippen LogP contribution in [0.1, 0.15) is 41.3 Å². The number of piperidine rings is 1. The molecule has 0 N–H and O–H groups in total. The first-order chi connectivity index (χ1) is 14.5. The monoisotopic (exact) mass is 472 g/mol. The summed E-state index contributed by atoms with van der Waals surface area (Å²) in [5, 5.41) is 0. The molecule has 0 aliphatic carbocycles. The molecule has 3 rings (SSSR count). The molecule has 0 unspecified atom stereocenters. The van der Waals surface area contributed by atoms with E-state index in [1.807, 2.05) is 31.2 Å². The van der Waals surface area contributed by atoms with Gasteiger partial charge in [0, 0.05) is 30.7 Å². The number of likely N-dealkylation sites (tertiary alicyclic amines) is 1. The highest BCUT2D eigenvalue weighted by atomic mass is 79.9. The normalized spacial score (nSPS) is 15.2. The number of nitrogens with zero attached hydrogens (tertiary/aromatic N) is 2. The second-order valence-corrected chi connectivity index (χ2v) is 9.18. The van der Waals surface area contributed by atoms with E-state index >= 15 is 0 Å². The molecule has 0 spiro atoms. The molecule has 0 atom stereocenters. The van der Waals surface area contributed by atoms with Crippen LogP contribution in [-0.2, 0) is 12.8 Å². The van der Waals surface area contributed by atoms with E-state index in [0.29, 0.717) is 6.61 Å². The van der Waals surface area contributed by atoms with Crippen LogP contribution in [0.25, 0.3) is 0 Å². The van der Waals surface area contributed by atoms with Gasteiger partial charge in [0.25, 0.3) is 5.91 Å². The second-order valence-electron chi connectivity index (χ2n) is 8.33. The average Bonchev–Trinajstić information content (AvgIpc) is 2.75. The molecule has 30 heavy (non-hydrogen) atoms. The van der Waals surface area contributed by atoms with Crippen LogP contribution in [0.4, 0.5) is 0 Å². The van der Waals surface area contributed by atoms with Crippen molar-refractivity contribution in [2.45, 2.75) is 32.6 Å². The van der Waals surface area contributed by atoms with Crippen LogP contribution >= 0.6 is 15.9 Å². The van der Waals surface area contributed by atoms with Gasteiger partial charge in [0.15, 0.2) is 0 Å². The first kappa shape index (κ1) is 22.8. The fourth-order valence-electron chi connectivity index (χ4n) is 4.09. The SMILES string of the molecule is CCOc1ccc(Br)c(CC2CCN(CCc3cccc(C(=O)N(C)C)c3)CC2)c1. The van der Waals surface area contributed by atoms with Gasteiger partial charge in [-0.3, -0.25) is 4.79 Å². The summed E-state index contributed by atoms with van der Waals surface area (Å²) in [5.41, 5.74) is 3.36. The number of carbonyl (C=O) groups is 1. The Morgan fingerprint density at radius 3 is 2.63 bits per heavy atom. The number of ether oxygens (including phenoxy) is 1. The van der Waals surface area contributed by atoms with E-state index in [1.54, 1.807) is 19.0 Å². The van der Waals surface area contributed by atoms with Crippen molar-refractivity contribution in [2.75, 3.05) is 40.3 Å². The summed E-state index contributed by atoms with van der Waals surface area (Å²) < 4.78 is 6.85. The van der Waals surface area contributed by atoms with Crippen LogP contribution in [0.3, 0.4) is 0 Å². The number of rotatable bonds is 8. The standard InChI is InChI=1S/C25H33BrN2O2/c1-4-30-23-8-9-24(26)22(18-23)17-20-11-14-28(15-12-20)13-10-19-6-5-7-21(16-19)25(29)27(2)3/h5-9,16,18,20H,4,10-15,17H2,1-3H3. The summed E-state index contributed by atoms with van der Waals surface area (Å²) >= 11 is 3.70. The van der Waals surface area contributed by atoms with Crippen LogP contribution in [0.15, 0.2) is 46.9 Å². The lowest BCUT2D eigenvalue weighted by atomic mass is 9.90. The van der Waals surface area contributed by atoms with Crippen LogP contribution < -0.4 is 4.74 Å². The molecule has 1 amide bonds. The van der Waals surface area contributed by atoms with Crippen LogP contribution in [-0.4, -0.2) is 56.0 Å². The van der Waals surface area contributed by atoms with Crippen molar-refractivity contribution in [3.63, 3.8) is 0 Å². The molecule has 1 aliphatic rings. The van der Waals surface area contributed by atoms with Gasteiger partial charge in [-0.1, -0.05) is 28.1 Å². The molecule has 0 radical (unpaired) electrons. The highest BCUT2D eigenvalue weighted by Crippen LogP contribution is 2.29. The second kappa shape index (κ2) is 11.0. The van der Waals surface area contributed by atoms with Gasteiger partial charge < -0.3 is 14.5 Å². The predicted octanol–water partition coefficient (Wildman–Crippen LogP) is 5.05. The van der Waals surface area contributed by atoms with Gasteiger partial charge in [-0.15, -0.1) is 0 Å². The number of amides is 1. The third-order valence-corrected chi connectivity index (χ3v) is 6.61. The lowest BCUT2D eigenvalue weighted by Gasteiger charge is -2.32. The van der Waals surface area contributed by atoms with Crippen molar-refractivity contribution >= 4 is 21.8 Å². The van der Waals surface area contributed by atoms with Gasteiger partial charge in [-0.05, 0) is 93.1 Å². The Bertz CT molecular complexity index is 845. The number of halogens is 1. The average molecular weight is 473 g/mol. The predicted molar refractivity (Wildman–Crippen MR) is 126 cm³/mol. The molecule has 2 aromatic rings. The highest BCUT2D eigenvalue weighted by Gasteiger charge is 2.20. The summed E-state index contributed by atoms with van der Waals surface area (Å²) in [7, 11) is 3.59. The van der Waals surface area contributed by atoms with E-state index in [2.05, 4.69) is 39.0 Å². The Balaban J connectivity index is 1.48.